The van der Waals surface area contributed by atoms with Crippen molar-refractivity contribution in [2.75, 3.05) is 32.7 Å². The Kier molecular flexibility index (Phi) is 2.02. The molecule has 2 heterocycles. The van der Waals surface area contributed by atoms with Crippen LogP contribution in [0.5, 0.6) is 0 Å². The molecule has 0 radical (unpaired) electrons. The van der Waals surface area contributed by atoms with Gasteiger partial charge in [-0.2, -0.15) is 0 Å². The largest absolute Gasteiger partial charge is 0.390 e. The van der Waals surface area contributed by atoms with E-state index in [4.69, 9.17) is 5.11 Å². The maximum Gasteiger partial charge on any atom is 0.236 e. The average molecular weight is 170 g/mol. The van der Waals surface area contributed by atoms with Crippen LogP contribution in [0, 0.1) is 0 Å². The van der Waals surface area contributed by atoms with Crippen LogP contribution in [-0.2, 0) is 4.79 Å². The normalized spacial score (nSPS) is 24.9. The number of aliphatic hydroxyl groups excluding tert-OH is 1. The van der Waals surface area contributed by atoms with Crippen LogP contribution < -0.4 is 0 Å². The quantitative estimate of drug-likeness (QED) is 0.572. The molecule has 0 aromatic heterocycles. The molecule has 0 saturated carbocycles. The van der Waals surface area contributed by atoms with Gasteiger partial charge in [-0.1, -0.05) is 0 Å². The first-order valence-corrected chi connectivity index (χ1v) is 4.44. The van der Waals surface area contributed by atoms with E-state index < -0.39 is 0 Å². The monoisotopic (exact) mass is 170 g/mol. The maximum absolute atomic E-state index is 11.3. The fourth-order valence-corrected chi connectivity index (χ4v) is 1.53. The molecule has 68 valence electrons. The van der Waals surface area contributed by atoms with Crippen molar-refractivity contribution in [3.05, 3.63) is 0 Å². The molecule has 0 atom stereocenters. The van der Waals surface area contributed by atoms with Gasteiger partial charge in [-0.05, 0) is 6.42 Å². The minimum absolute atomic E-state index is 0.200. The number of nitrogens with zero attached hydrogens (tertiary/aromatic N) is 2. The lowest BCUT2D eigenvalue weighted by Gasteiger charge is -2.38. The molecular formula is C8H14N2O2. The van der Waals surface area contributed by atoms with Crippen molar-refractivity contribution >= 4 is 5.91 Å². The molecule has 2 saturated heterocycles. The second kappa shape index (κ2) is 3.03. The van der Waals surface area contributed by atoms with Crippen LogP contribution in [0.25, 0.3) is 0 Å². The van der Waals surface area contributed by atoms with E-state index >= 15 is 0 Å². The Morgan fingerprint density at radius 1 is 1.42 bits per heavy atom. The highest BCUT2D eigenvalue weighted by atomic mass is 16.3. The van der Waals surface area contributed by atoms with E-state index in [9.17, 15) is 4.79 Å². The standard InChI is InChI=1S/C8H14N2O2/c11-7-4-9(5-7)6-8(12)10-2-1-3-10/h7,11H,1-6H2. The summed E-state index contributed by atoms with van der Waals surface area (Å²) >= 11 is 0. The van der Waals surface area contributed by atoms with Gasteiger partial charge in [0.2, 0.25) is 5.91 Å². The van der Waals surface area contributed by atoms with Crippen molar-refractivity contribution in [3.63, 3.8) is 0 Å². The van der Waals surface area contributed by atoms with Crippen LogP contribution in [0.15, 0.2) is 0 Å². The summed E-state index contributed by atoms with van der Waals surface area (Å²) in [6.07, 6.45) is 0.947. The zero-order valence-corrected chi connectivity index (χ0v) is 7.07. The third-order valence-electron chi connectivity index (χ3n) is 2.51. The van der Waals surface area contributed by atoms with E-state index in [1.54, 1.807) is 0 Å². The van der Waals surface area contributed by atoms with Gasteiger partial charge in [-0.3, -0.25) is 9.69 Å². The van der Waals surface area contributed by atoms with Crippen LogP contribution in [0.4, 0.5) is 0 Å². The van der Waals surface area contributed by atoms with E-state index in [0.717, 1.165) is 19.5 Å². The Morgan fingerprint density at radius 2 is 2.08 bits per heavy atom. The van der Waals surface area contributed by atoms with E-state index in [2.05, 4.69) is 0 Å². The summed E-state index contributed by atoms with van der Waals surface area (Å²) in [5, 5.41) is 8.97. The molecule has 2 rings (SSSR count). The van der Waals surface area contributed by atoms with Crippen LogP contribution in [-0.4, -0.2) is 59.6 Å². The number of hydrogen-bond acceptors (Lipinski definition) is 3. The third kappa shape index (κ3) is 1.44. The molecule has 4 heteroatoms. The first-order chi connectivity index (χ1) is 5.75. The molecule has 0 aromatic rings. The Morgan fingerprint density at radius 3 is 2.50 bits per heavy atom. The summed E-state index contributed by atoms with van der Waals surface area (Å²) in [6, 6.07) is 0. The lowest BCUT2D eigenvalue weighted by atomic mass is 10.1. The number of hydrogen-bond donors (Lipinski definition) is 1. The van der Waals surface area contributed by atoms with Gasteiger partial charge in [0.15, 0.2) is 0 Å². The second-order valence-corrected chi connectivity index (χ2v) is 3.58. The number of aliphatic hydroxyl groups is 1. The highest BCUT2D eigenvalue weighted by Gasteiger charge is 2.29. The zero-order valence-electron chi connectivity index (χ0n) is 7.07. The van der Waals surface area contributed by atoms with Gasteiger partial charge in [0, 0.05) is 26.2 Å². The van der Waals surface area contributed by atoms with Crippen LogP contribution in [0.2, 0.25) is 0 Å². The summed E-state index contributed by atoms with van der Waals surface area (Å²) in [5.41, 5.74) is 0. The summed E-state index contributed by atoms with van der Waals surface area (Å²) in [6.45, 7) is 3.68. The van der Waals surface area contributed by atoms with Gasteiger partial charge >= 0.3 is 0 Å². The highest BCUT2D eigenvalue weighted by molar-refractivity contribution is 5.79. The number of rotatable bonds is 2. The fraction of sp³-hybridized carbons (Fsp3) is 0.875. The Balaban J connectivity index is 1.69. The molecule has 0 unspecified atom stereocenters. The van der Waals surface area contributed by atoms with Gasteiger partial charge in [-0.15, -0.1) is 0 Å². The molecule has 2 aliphatic rings. The van der Waals surface area contributed by atoms with Crippen molar-refractivity contribution in [1.82, 2.24) is 9.80 Å². The van der Waals surface area contributed by atoms with Gasteiger partial charge in [0.05, 0.1) is 12.6 Å². The zero-order chi connectivity index (χ0) is 8.55. The molecule has 0 bridgehead atoms. The highest BCUT2D eigenvalue weighted by Crippen LogP contribution is 2.10. The van der Waals surface area contributed by atoms with Gasteiger partial charge in [-0.25, -0.2) is 0 Å². The minimum Gasteiger partial charge on any atom is -0.390 e. The van der Waals surface area contributed by atoms with Crippen LogP contribution in [0.1, 0.15) is 6.42 Å². The average Bonchev–Trinajstić information content (AvgIpc) is 1.79. The first kappa shape index (κ1) is 8.01. The van der Waals surface area contributed by atoms with Crippen molar-refractivity contribution in [2.24, 2.45) is 0 Å². The van der Waals surface area contributed by atoms with Crippen LogP contribution >= 0.6 is 0 Å². The van der Waals surface area contributed by atoms with E-state index in [0.29, 0.717) is 19.6 Å². The van der Waals surface area contributed by atoms with Crippen molar-refractivity contribution in [3.8, 4) is 0 Å². The molecule has 4 nitrogen and oxygen atoms in total. The van der Waals surface area contributed by atoms with Crippen molar-refractivity contribution < 1.29 is 9.90 Å². The van der Waals surface area contributed by atoms with Crippen molar-refractivity contribution in [2.45, 2.75) is 12.5 Å². The summed E-state index contributed by atoms with van der Waals surface area (Å²) < 4.78 is 0. The molecular weight excluding hydrogens is 156 g/mol. The molecule has 2 aliphatic heterocycles. The number of carbonyl (C=O) groups is 1. The summed E-state index contributed by atoms with van der Waals surface area (Å²) in [5.74, 6) is 0.216. The molecule has 0 spiro atoms. The van der Waals surface area contributed by atoms with Gasteiger partial charge < -0.3 is 10.0 Å². The third-order valence-corrected chi connectivity index (χ3v) is 2.51. The second-order valence-electron chi connectivity index (χ2n) is 3.58. The Hall–Kier alpha value is -0.610. The Bertz CT molecular complexity index is 185. The predicted octanol–water partition coefficient (Wildman–Crippen LogP) is -1.10. The molecule has 1 N–H and O–H groups in total. The summed E-state index contributed by atoms with van der Waals surface area (Å²) in [7, 11) is 0. The lowest BCUT2D eigenvalue weighted by molar-refractivity contribution is -0.138. The first-order valence-electron chi connectivity index (χ1n) is 4.44. The molecule has 2 fully saturated rings. The van der Waals surface area contributed by atoms with Crippen molar-refractivity contribution in [1.29, 1.82) is 0 Å². The molecule has 1 amide bonds. The van der Waals surface area contributed by atoms with E-state index in [1.165, 1.54) is 0 Å². The Labute approximate surface area is 71.8 Å². The SMILES string of the molecule is O=C(CN1CC(O)C1)N1CCC1. The molecule has 0 aliphatic carbocycles. The lowest BCUT2D eigenvalue weighted by Crippen LogP contribution is -2.56. The van der Waals surface area contributed by atoms with Gasteiger partial charge in [0.1, 0.15) is 0 Å². The minimum atomic E-state index is -0.200. The number of likely N-dealkylation sites (tertiary alicyclic amines) is 2. The molecule has 12 heavy (non-hydrogen) atoms. The number of β-amino-alcohol motifs (C(OH)–C–C–N with tert-alkyl or cyclic N) is 1. The predicted molar refractivity (Wildman–Crippen MR) is 43.6 cm³/mol. The number of carbonyl (C=O) groups excluding carboxylic acids is 1. The fourth-order valence-electron chi connectivity index (χ4n) is 1.53. The topological polar surface area (TPSA) is 43.8 Å². The summed E-state index contributed by atoms with van der Waals surface area (Å²) in [4.78, 5) is 15.2. The smallest absolute Gasteiger partial charge is 0.236 e. The van der Waals surface area contributed by atoms with E-state index in [-0.39, 0.29) is 12.0 Å². The number of amides is 1. The maximum atomic E-state index is 11.3. The van der Waals surface area contributed by atoms with Crippen LogP contribution in [0.3, 0.4) is 0 Å². The van der Waals surface area contributed by atoms with E-state index in [1.807, 2.05) is 9.80 Å². The van der Waals surface area contributed by atoms with Gasteiger partial charge in [0.25, 0.3) is 0 Å². The molecule has 0 aromatic carbocycles.